The molecule has 6 rings (SSSR count). The normalized spacial score (nSPS) is 22.8. The number of benzene rings is 2. The lowest BCUT2D eigenvalue weighted by atomic mass is 9.89. The van der Waals surface area contributed by atoms with Crippen molar-refractivity contribution in [2.75, 3.05) is 24.5 Å². The number of likely N-dealkylation sites (tertiary alicyclic amines) is 1. The van der Waals surface area contributed by atoms with Gasteiger partial charge in [0.2, 0.25) is 0 Å². The fourth-order valence-corrected chi connectivity index (χ4v) is 5.37. The highest BCUT2D eigenvalue weighted by atomic mass is 16.2. The van der Waals surface area contributed by atoms with Crippen LogP contribution in [0.3, 0.4) is 0 Å². The van der Waals surface area contributed by atoms with Gasteiger partial charge in [-0.1, -0.05) is 48.5 Å². The molecule has 4 heterocycles. The van der Waals surface area contributed by atoms with E-state index in [0.29, 0.717) is 17.5 Å². The molecule has 31 heavy (non-hydrogen) atoms. The molecule has 1 amide bonds. The van der Waals surface area contributed by atoms with E-state index in [1.807, 2.05) is 36.5 Å². The van der Waals surface area contributed by atoms with Crippen LogP contribution in [-0.2, 0) is 0 Å². The third kappa shape index (κ3) is 3.08. The van der Waals surface area contributed by atoms with E-state index in [9.17, 15) is 4.79 Å². The van der Waals surface area contributed by atoms with Gasteiger partial charge < -0.3 is 14.8 Å². The summed E-state index contributed by atoms with van der Waals surface area (Å²) in [5, 5.41) is 1.16. The zero-order valence-corrected chi connectivity index (χ0v) is 17.2. The molecular weight excluding hydrogens is 384 g/mol. The number of hydrogen-bond acceptors (Lipinski definition) is 3. The van der Waals surface area contributed by atoms with Crippen LogP contribution in [0.5, 0.6) is 0 Å². The summed E-state index contributed by atoms with van der Waals surface area (Å²) in [4.78, 5) is 25.8. The van der Waals surface area contributed by atoms with Crippen LogP contribution in [0.1, 0.15) is 22.1 Å². The first kappa shape index (κ1) is 18.2. The van der Waals surface area contributed by atoms with Gasteiger partial charge in [-0.05, 0) is 35.9 Å². The quantitative estimate of drug-likeness (QED) is 0.543. The number of pyridine rings is 1. The molecule has 2 aliphatic rings. The Kier molecular flexibility index (Phi) is 4.27. The van der Waals surface area contributed by atoms with Crippen molar-refractivity contribution in [3.05, 3.63) is 96.3 Å². The van der Waals surface area contributed by atoms with Gasteiger partial charge in [0, 0.05) is 43.1 Å². The second-order valence-corrected chi connectivity index (χ2v) is 8.59. The van der Waals surface area contributed by atoms with Crippen molar-refractivity contribution >= 4 is 22.6 Å². The first-order valence-corrected chi connectivity index (χ1v) is 10.9. The molecule has 5 heteroatoms. The van der Waals surface area contributed by atoms with Crippen LogP contribution in [0.25, 0.3) is 10.9 Å². The number of nitrogens with zero attached hydrogens (tertiary/aromatic N) is 3. The highest BCUT2D eigenvalue weighted by Gasteiger charge is 2.49. The summed E-state index contributed by atoms with van der Waals surface area (Å²) in [6.07, 6.45) is 1.81. The Hall–Kier alpha value is -3.60. The third-order valence-electron chi connectivity index (χ3n) is 6.80. The third-order valence-corrected chi connectivity index (χ3v) is 6.80. The van der Waals surface area contributed by atoms with E-state index in [2.05, 4.69) is 63.3 Å². The highest BCUT2D eigenvalue weighted by Crippen LogP contribution is 2.46. The van der Waals surface area contributed by atoms with Crippen LogP contribution in [0.15, 0.2) is 85.1 Å². The number of hydrogen-bond donors (Lipinski definition) is 1. The average molecular weight is 409 g/mol. The number of carbonyl (C=O) groups is 1. The van der Waals surface area contributed by atoms with Gasteiger partial charge >= 0.3 is 0 Å². The molecular formula is C26H24N4O. The summed E-state index contributed by atoms with van der Waals surface area (Å²) in [7, 11) is 0. The van der Waals surface area contributed by atoms with Crippen molar-refractivity contribution in [3.8, 4) is 0 Å². The molecule has 0 radical (unpaired) electrons. The maximum Gasteiger partial charge on any atom is 0.270 e. The van der Waals surface area contributed by atoms with Crippen molar-refractivity contribution in [2.45, 2.75) is 6.04 Å². The summed E-state index contributed by atoms with van der Waals surface area (Å²) >= 11 is 0. The van der Waals surface area contributed by atoms with Gasteiger partial charge in [-0.2, -0.15) is 0 Å². The van der Waals surface area contributed by atoms with E-state index in [1.165, 1.54) is 5.56 Å². The van der Waals surface area contributed by atoms with E-state index < -0.39 is 0 Å². The topological polar surface area (TPSA) is 52.2 Å². The molecule has 0 aliphatic carbocycles. The van der Waals surface area contributed by atoms with Gasteiger partial charge in [0.15, 0.2) is 0 Å². The second-order valence-electron chi connectivity index (χ2n) is 8.59. The van der Waals surface area contributed by atoms with Gasteiger partial charge in [0.1, 0.15) is 11.5 Å². The van der Waals surface area contributed by atoms with Crippen LogP contribution in [0.2, 0.25) is 0 Å². The van der Waals surface area contributed by atoms with Crippen molar-refractivity contribution in [2.24, 2.45) is 11.8 Å². The Bertz CT molecular complexity index is 1220. The second kappa shape index (κ2) is 7.27. The molecule has 2 saturated heterocycles. The summed E-state index contributed by atoms with van der Waals surface area (Å²) in [5.74, 6) is 1.93. The van der Waals surface area contributed by atoms with Crippen molar-refractivity contribution in [3.63, 3.8) is 0 Å². The van der Waals surface area contributed by atoms with E-state index in [1.54, 1.807) is 0 Å². The number of para-hydroxylation sites is 1. The minimum atomic E-state index is 0.0763. The molecule has 0 spiro atoms. The lowest BCUT2D eigenvalue weighted by molar-refractivity contribution is 0.0710. The number of carbonyl (C=O) groups excluding carboxylic acids is 1. The van der Waals surface area contributed by atoms with E-state index in [-0.39, 0.29) is 11.9 Å². The number of H-pyrrole nitrogens is 1. The molecule has 154 valence electrons. The Morgan fingerprint density at radius 1 is 0.871 bits per heavy atom. The van der Waals surface area contributed by atoms with Gasteiger partial charge in [-0.25, -0.2) is 4.98 Å². The number of amides is 1. The zero-order chi connectivity index (χ0) is 20.8. The molecule has 2 fully saturated rings. The Balaban J connectivity index is 1.32. The van der Waals surface area contributed by atoms with Crippen LogP contribution in [-0.4, -0.2) is 40.4 Å². The maximum absolute atomic E-state index is 13.3. The molecule has 0 bridgehead atoms. The van der Waals surface area contributed by atoms with Gasteiger partial charge in [0.05, 0.1) is 11.6 Å². The first-order valence-electron chi connectivity index (χ1n) is 10.9. The fraction of sp³-hybridized carbons (Fsp3) is 0.231. The number of fused-ring (bicyclic) bond motifs is 2. The monoisotopic (exact) mass is 408 g/mol. The Morgan fingerprint density at radius 3 is 2.55 bits per heavy atom. The predicted molar refractivity (Wildman–Crippen MR) is 122 cm³/mol. The number of aromatic amines is 1. The first-order chi connectivity index (χ1) is 15.3. The molecule has 2 aromatic heterocycles. The van der Waals surface area contributed by atoms with Crippen LogP contribution < -0.4 is 4.90 Å². The SMILES string of the molecule is O=C(c1ccc[nH]1)N1C[C@@H]2CN(c3ccc4ccccc4n3)C[C@@H]2[C@H]1c1ccccc1. The van der Waals surface area contributed by atoms with Gasteiger partial charge in [-0.15, -0.1) is 0 Å². The molecule has 0 saturated carbocycles. The number of rotatable bonds is 3. The minimum Gasteiger partial charge on any atom is -0.357 e. The van der Waals surface area contributed by atoms with Crippen LogP contribution >= 0.6 is 0 Å². The molecule has 5 nitrogen and oxygen atoms in total. The Morgan fingerprint density at radius 2 is 1.71 bits per heavy atom. The number of nitrogens with one attached hydrogen (secondary N) is 1. The lowest BCUT2D eigenvalue weighted by Gasteiger charge is -2.30. The summed E-state index contributed by atoms with van der Waals surface area (Å²) in [6, 6.07) is 26.8. The molecule has 2 aromatic carbocycles. The van der Waals surface area contributed by atoms with Crippen LogP contribution in [0, 0.1) is 11.8 Å². The lowest BCUT2D eigenvalue weighted by Crippen LogP contribution is -2.36. The molecule has 0 unspecified atom stereocenters. The smallest absolute Gasteiger partial charge is 0.270 e. The average Bonchev–Trinajstić information content (AvgIpc) is 3.55. The molecule has 1 N–H and O–H groups in total. The Labute approximate surface area is 181 Å². The zero-order valence-electron chi connectivity index (χ0n) is 17.2. The predicted octanol–water partition coefficient (Wildman–Crippen LogP) is 4.51. The van der Waals surface area contributed by atoms with E-state index in [0.717, 1.165) is 36.4 Å². The van der Waals surface area contributed by atoms with Crippen LogP contribution in [0.4, 0.5) is 5.82 Å². The van der Waals surface area contributed by atoms with Gasteiger partial charge in [-0.3, -0.25) is 4.79 Å². The van der Waals surface area contributed by atoms with E-state index >= 15 is 0 Å². The number of anilines is 1. The standard InChI is InChI=1S/C26H24N4O/c31-26(23-11-6-14-27-23)30-16-20-15-29(17-21(20)25(30)19-8-2-1-3-9-19)24-13-12-18-7-4-5-10-22(18)28-24/h1-14,20-21,25,27H,15-17H2/t20-,21-,25+/m0/s1. The fourth-order valence-electron chi connectivity index (χ4n) is 5.37. The molecule has 3 atom stereocenters. The van der Waals surface area contributed by atoms with E-state index in [4.69, 9.17) is 4.98 Å². The van der Waals surface area contributed by atoms with Crippen molar-refractivity contribution in [1.29, 1.82) is 0 Å². The molecule has 4 aromatic rings. The minimum absolute atomic E-state index is 0.0763. The summed E-state index contributed by atoms with van der Waals surface area (Å²) < 4.78 is 0. The summed E-state index contributed by atoms with van der Waals surface area (Å²) in [5.41, 5.74) is 2.90. The van der Waals surface area contributed by atoms with Crippen molar-refractivity contribution < 1.29 is 4.79 Å². The number of aromatic nitrogens is 2. The molecule has 2 aliphatic heterocycles. The van der Waals surface area contributed by atoms with Gasteiger partial charge in [0.25, 0.3) is 5.91 Å². The maximum atomic E-state index is 13.3. The van der Waals surface area contributed by atoms with Crippen molar-refractivity contribution in [1.82, 2.24) is 14.9 Å². The highest BCUT2D eigenvalue weighted by molar-refractivity contribution is 5.93. The summed E-state index contributed by atoms with van der Waals surface area (Å²) in [6.45, 7) is 2.60. The largest absolute Gasteiger partial charge is 0.357 e.